The molecule has 2 aromatic carbocycles. The quantitative estimate of drug-likeness (QED) is 0.447. The number of pyridine rings is 1. The smallest absolute Gasteiger partial charge is 0.397 e. The molecule has 0 saturated heterocycles. The van der Waals surface area contributed by atoms with Crippen LogP contribution in [0.4, 0.5) is 24.5 Å². The van der Waals surface area contributed by atoms with Gasteiger partial charge in [0.25, 0.3) is 0 Å². The van der Waals surface area contributed by atoms with Crippen LogP contribution in [0, 0.1) is 0 Å². The van der Waals surface area contributed by atoms with E-state index < -0.39 is 21.6 Å². The van der Waals surface area contributed by atoms with E-state index in [-0.39, 0.29) is 19.6 Å². The third-order valence-electron chi connectivity index (χ3n) is 6.02. The maximum absolute atomic E-state index is 13.6. The zero-order valence-electron chi connectivity index (χ0n) is 18.6. The molecular weight excluding hydrogens is 545 g/mol. The van der Waals surface area contributed by atoms with Crippen LogP contribution in [-0.2, 0) is 29.5 Å². The van der Waals surface area contributed by atoms with Crippen molar-refractivity contribution in [3.8, 4) is 0 Å². The highest BCUT2D eigenvalue weighted by molar-refractivity contribution is 9.10. The average Bonchev–Trinajstić information content (AvgIpc) is 2.97. The van der Waals surface area contributed by atoms with E-state index in [4.69, 9.17) is 5.73 Å². The number of para-hydroxylation sites is 1. The van der Waals surface area contributed by atoms with Gasteiger partial charge in [-0.15, -0.1) is 0 Å². The summed E-state index contributed by atoms with van der Waals surface area (Å²) in [5.74, 6) is 0. The fourth-order valence-electron chi connectivity index (χ4n) is 4.22. The molecule has 4 rings (SSSR count). The normalized spacial score (nSPS) is 17.1. The molecule has 1 atom stereocenters. The van der Waals surface area contributed by atoms with Crippen LogP contribution in [0.5, 0.6) is 0 Å². The summed E-state index contributed by atoms with van der Waals surface area (Å²) in [6.07, 6.45) is 2.53. The molecule has 6 nitrogen and oxygen atoms in total. The number of hydrogen-bond donors (Lipinski definition) is 1. The van der Waals surface area contributed by atoms with Gasteiger partial charge in [-0.3, -0.25) is 4.98 Å². The number of halogens is 4. The molecule has 0 fully saturated rings. The van der Waals surface area contributed by atoms with Crippen LogP contribution in [0.25, 0.3) is 0 Å². The van der Waals surface area contributed by atoms with E-state index in [2.05, 4.69) is 20.9 Å². The van der Waals surface area contributed by atoms with Gasteiger partial charge < -0.3 is 10.6 Å². The van der Waals surface area contributed by atoms with E-state index in [0.717, 1.165) is 5.56 Å². The molecule has 0 amide bonds. The first-order valence-corrected chi connectivity index (χ1v) is 13.1. The van der Waals surface area contributed by atoms with Gasteiger partial charge in [-0.05, 0) is 52.0 Å². The van der Waals surface area contributed by atoms with Crippen LogP contribution in [0.2, 0.25) is 0 Å². The summed E-state index contributed by atoms with van der Waals surface area (Å²) in [5, 5.41) is 0. The Balaban J connectivity index is 1.76. The maximum Gasteiger partial charge on any atom is 0.511 e. The topological polar surface area (TPSA) is 79.5 Å². The van der Waals surface area contributed by atoms with Crippen molar-refractivity contribution in [3.63, 3.8) is 0 Å². The second-order valence-electron chi connectivity index (χ2n) is 8.38. The van der Waals surface area contributed by atoms with Gasteiger partial charge in [0.2, 0.25) is 0 Å². The number of alkyl halides is 3. The number of nitrogen functional groups attached to an aromatic ring is 1. The molecule has 1 unspecified atom stereocenters. The van der Waals surface area contributed by atoms with Crippen molar-refractivity contribution in [2.75, 3.05) is 17.2 Å². The van der Waals surface area contributed by atoms with Crippen LogP contribution < -0.4 is 10.6 Å². The van der Waals surface area contributed by atoms with Gasteiger partial charge >= 0.3 is 15.5 Å². The molecule has 1 aliphatic rings. The number of fused-ring (bicyclic) bond motifs is 1. The molecule has 0 radical (unpaired) electrons. The number of aryl methyl sites for hydroxylation is 1. The van der Waals surface area contributed by atoms with E-state index >= 15 is 0 Å². The molecule has 0 saturated carbocycles. The lowest BCUT2D eigenvalue weighted by molar-refractivity contribution is -0.0492. The zero-order valence-corrected chi connectivity index (χ0v) is 21.0. The van der Waals surface area contributed by atoms with Crippen LogP contribution in [0.1, 0.15) is 23.2 Å². The Morgan fingerprint density at radius 3 is 2.46 bits per heavy atom. The number of rotatable bonds is 6. The second-order valence-corrected chi connectivity index (χ2v) is 11.2. The van der Waals surface area contributed by atoms with Gasteiger partial charge in [-0.25, -0.2) is 8.42 Å². The predicted octanol–water partition coefficient (Wildman–Crippen LogP) is 5.10. The first-order valence-electron chi connectivity index (χ1n) is 10.9. The monoisotopic (exact) mass is 568 g/mol. The Morgan fingerprint density at radius 1 is 1.09 bits per heavy atom. The number of nitrogens with zero attached hydrogens (tertiary/aromatic N) is 3. The summed E-state index contributed by atoms with van der Waals surface area (Å²) in [6, 6.07) is 17.7. The highest BCUT2D eigenvalue weighted by Gasteiger charge is 2.51. The SMILES string of the molecule is Nc1cnc(CN2c3ccccc3CN(S(=O)(=O)C(F)(F)F)CC2CCc2ccccc2)cc1Br. The summed E-state index contributed by atoms with van der Waals surface area (Å²) in [4.78, 5) is 6.34. The minimum Gasteiger partial charge on any atom is -0.397 e. The standard InChI is InChI=1S/C24H24BrF3N4O2S/c25-21-12-19(30-13-22(21)29)15-32-20(11-10-17-6-2-1-3-7-17)16-31(35(33,34)24(26,27)28)14-18-8-4-5-9-23(18)32/h1-9,12-13,20H,10-11,14-16,29H2. The summed E-state index contributed by atoms with van der Waals surface area (Å²) in [7, 11) is -5.52. The Hall–Kier alpha value is -2.63. The summed E-state index contributed by atoms with van der Waals surface area (Å²) in [6.45, 7) is -0.399. The molecule has 3 aromatic rings. The average molecular weight is 569 g/mol. The van der Waals surface area contributed by atoms with Gasteiger partial charge in [-0.1, -0.05) is 48.5 Å². The lowest BCUT2D eigenvalue weighted by Gasteiger charge is -2.34. The summed E-state index contributed by atoms with van der Waals surface area (Å²) < 4.78 is 66.9. The first-order chi connectivity index (χ1) is 16.6. The number of hydrogen-bond acceptors (Lipinski definition) is 5. The van der Waals surface area contributed by atoms with Crippen LogP contribution in [0.3, 0.4) is 0 Å². The summed E-state index contributed by atoms with van der Waals surface area (Å²) >= 11 is 3.40. The molecule has 186 valence electrons. The lowest BCUT2D eigenvalue weighted by Crippen LogP contribution is -2.47. The number of nitrogens with two attached hydrogens (primary N) is 1. The largest absolute Gasteiger partial charge is 0.511 e. The minimum absolute atomic E-state index is 0.273. The van der Waals surface area contributed by atoms with Crippen molar-refractivity contribution in [2.45, 2.75) is 37.5 Å². The number of aromatic nitrogens is 1. The minimum atomic E-state index is -5.52. The van der Waals surface area contributed by atoms with Gasteiger partial charge in [0.15, 0.2) is 0 Å². The highest BCUT2D eigenvalue weighted by atomic mass is 79.9. The maximum atomic E-state index is 13.6. The van der Waals surface area contributed by atoms with Crippen LogP contribution >= 0.6 is 15.9 Å². The number of benzene rings is 2. The first kappa shape index (κ1) is 25.5. The van der Waals surface area contributed by atoms with Gasteiger partial charge in [0, 0.05) is 29.3 Å². The zero-order chi connectivity index (χ0) is 25.2. The Morgan fingerprint density at radius 2 is 1.77 bits per heavy atom. The van der Waals surface area contributed by atoms with Crippen LogP contribution in [0.15, 0.2) is 71.3 Å². The van der Waals surface area contributed by atoms with Gasteiger partial charge in [0.1, 0.15) is 0 Å². The Bertz CT molecular complexity index is 1290. The highest BCUT2D eigenvalue weighted by Crippen LogP contribution is 2.36. The Labute approximate surface area is 210 Å². The lowest BCUT2D eigenvalue weighted by atomic mass is 10.0. The third-order valence-corrected chi connectivity index (χ3v) is 8.25. The van der Waals surface area contributed by atoms with E-state index in [1.807, 2.05) is 35.2 Å². The molecule has 2 N–H and O–H groups in total. The molecule has 1 aromatic heterocycles. The number of sulfonamides is 1. The molecule has 1 aliphatic heterocycles. The molecule has 2 heterocycles. The van der Waals surface area contributed by atoms with E-state index in [9.17, 15) is 21.6 Å². The van der Waals surface area contributed by atoms with E-state index in [1.165, 1.54) is 6.20 Å². The molecule has 11 heteroatoms. The summed E-state index contributed by atoms with van der Waals surface area (Å²) in [5.41, 5.74) is 3.79. The van der Waals surface area contributed by atoms with Crippen molar-refractivity contribution in [2.24, 2.45) is 0 Å². The van der Waals surface area contributed by atoms with Crippen LogP contribution in [-0.4, -0.2) is 35.8 Å². The van der Waals surface area contributed by atoms with Crippen molar-refractivity contribution in [1.82, 2.24) is 9.29 Å². The van der Waals surface area contributed by atoms with Crippen molar-refractivity contribution < 1.29 is 21.6 Å². The van der Waals surface area contributed by atoms with Crippen molar-refractivity contribution >= 4 is 37.3 Å². The third kappa shape index (κ3) is 5.62. The molecule has 0 aliphatic carbocycles. The van der Waals surface area contributed by atoms with Gasteiger partial charge in [-0.2, -0.15) is 17.5 Å². The van der Waals surface area contributed by atoms with Gasteiger partial charge in [0.05, 0.1) is 24.1 Å². The number of anilines is 2. The molecular formula is C24H24BrF3N4O2S. The van der Waals surface area contributed by atoms with E-state index in [1.54, 1.807) is 30.3 Å². The van der Waals surface area contributed by atoms with Crippen molar-refractivity contribution in [1.29, 1.82) is 0 Å². The van der Waals surface area contributed by atoms with E-state index in [0.29, 0.717) is 44.3 Å². The fourth-order valence-corrected chi connectivity index (χ4v) is 5.56. The Kier molecular flexibility index (Phi) is 7.39. The predicted molar refractivity (Wildman–Crippen MR) is 133 cm³/mol. The molecule has 0 spiro atoms. The second kappa shape index (κ2) is 10.2. The fraction of sp³-hybridized carbons (Fsp3) is 0.292. The molecule has 35 heavy (non-hydrogen) atoms. The molecule has 0 bridgehead atoms. The van der Waals surface area contributed by atoms with Crippen molar-refractivity contribution in [3.05, 3.63) is 88.2 Å².